The molecule has 0 saturated carbocycles. The van der Waals surface area contributed by atoms with Crippen molar-refractivity contribution in [3.63, 3.8) is 0 Å². The third-order valence-corrected chi connectivity index (χ3v) is 6.91. The molecule has 0 aromatic heterocycles. The molecule has 2 aliphatic heterocycles. The van der Waals surface area contributed by atoms with Crippen LogP contribution in [0.3, 0.4) is 0 Å². The molecule has 3 heteroatoms. The molecular weight excluding hydrogens is 312 g/mol. The van der Waals surface area contributed by atoms with Gasteiger partial charge in [0, 0.05) is 21.8 Å². The second-order valence-electron chi connectivity index (χ2n) is 7.31. The van der Waals surface area contributed by atoms with E-state index in [1.54, 1.807) is 15.4 Å². The fourth-order valence-electron chi connectivity index (χ4n) is 4.11. The van der Waals surface area contributed by atoms with E-state index in [2.05, 4.69) is 56.4 Å². The highest BCUT2D eigenvalue weighted by Crippen LogP contribution is 2.40. The van der Waals surface area contributed by atoms with Crippen LogP contribution in [0, 0.1) is 0 Å². The number of rotatable bonds is 2. The van der Waals surface area contributed by atoms with E-state index in [0.29, 0.717) is 6.04 Å². The molecule has 1 saturated heterocycles. The molecule has 1 fully saturated rings. The van der Waals surface area contributed by atoms with Crippen LogP contribution in [0.25, 0.3) is 0 Å². The van der Waals surface area contributed by atoms with Gasteiger partial charge in [-0.25, -0.2) is 0 Å². The maximum atomic E-state index is 2.44. The van der Waals surface area contributed by atoms with E-state index in [4.69, 9.17) is 0 Å². The van der Waals surface area contributed by atoms with Crippen LogP contribution in [0.5, 0.6) is 0 Å². The van der Waals surface area contributed by atoms with E-state index in [1.165, 1.54) is 53.5 Å². The van der Waals surface area contributed by atoms with E-state index in [0.717, 1.165) is 6.42 Å². The van der Waals surface area contributed by atoms with Gasteiger partial charge in [0.15, 0.2) is 0 Å². The summed E-state index contributed by atoms with van der Waals surface area (Å²) in [6.07, 6.45) is 2.29. The minimum atomic E-state index is 0.607. The van der Waals surface area contributed by atoms with Crippen LogP contribution in [-0.4, -0.2) is 33.2 Å². The van der Waals surface area contributed by atoms with Gasteiger partial charge in [-0.15, -0.1) is 0 Å². The van der Waals surface area contributed by atoms with Crippen molar-refractivity contribution in [1.82, 2.24) is 0 Å². The van der Waals surface area contributed by atoms with Gasteiger partial charge in [0.25, 0.3) is 0 Å². The standard InChI is InChI=1S/C21H26N2S/c1-3-16-8-9-18-19(23-12-10-22(2)11-13-23)15-17-6-4-5-7-20(17)24-21(18)14-16/h4-9,14,19H,3,10-13,15H2,1-2H3/p+2/t19-/m0/s1. The Labute approximate surface area is 149 Å². The summed E-state index contributed by atoms with van der Waals surface area (Å²) in [5.41, 5.74) is 4.56. The fourth-order valence-corrected chi connectivity index (χ4v) is 5.31. The van der Waals surface area contributed by atoms with Crippen LogP contribution in [0.4, 0.5) is 0 Å². The van der Waals surface area contributed by atoms with Crippen LogP contribution >= 0.6 is 11.8 Å². The molecule has 2 aromatic carbocycles. The van der Waals surface area contributed by atoms with E-state index in [9.17, 15) is 0 Å². The lowest BCUT2D eigenvalue weighted by Gasteiger charge is -2.33. The molecule has 2 N–H and O–H groups in total. The van der Waals surface area contributed by atoms with Gasteiger partial charge in [-0.1, -0.05) is 49.0 Å². The molecule has 4 rings (SSSR count). The minimum absolute atomic E-state index is 0.607. The first-order chi connectivity index (χ1) is 11.7. The highest BCUT2D eigenvalue weighted by atomic mass is 32.2. The number of aryl methyl sites for hydroxylation is 1. The molecule has 0 radical (unpaired) electrons. The first kappa shape index (κ1) is 16.2. The summed E-state index contributed by atoms with van der Waals surface area (Å²) in [6.45, 7) is 7.42. The second kappa shape index (κ2) is 6.91. The molecule has 0 aliphatic carbocycles. The monoisotopic (exact) mass is 340 g/mol. The number of piperazine rings is 1. The van der Waals surface area contributed by atoms with E-state index in [1.807, 2.05) is 11.8 Å². The van der Waals surface area contributed by atoms with Crippen molar-refractivity contribution < 1.29 is 9.80 Å². The smallest absolute Gasteiger partial charge is 0.127 e. The fraction of sp³-hybridized carbons (Fsp3) is 0.429. The van der Waals surface area contributed by atoms with Gasteiger partial charge >= 0.3 is 0 Å². The normalized spacial score (nSPS) is 26.3. The van der Waals surface area contributed by atoms with Crippen molar-refractivity contribution >= 4 is 11.8 Å². The van der Waals surface area contributed by atoms with Crippen molar-refractivity contribution in [1.29, 1.82) is 0 Å². The Hall–Kier alpha value is -1.29. The van der Waals surface area contributed by atoms with Crippen LogP contribution in [0.15, 0.2) is 52.3 Å². The molecule has 2 nitrogen and oxygen atoms in total. The van der Waals surface area contributed by atoms with Crippen LogP contribution in [-0.2, 0) is 12.8 Å². The Morgan fingerprint density at radius 3 is 2.58 bits per heavy atom. The molecule has 0 unspecified atom stereocenters. The van der Waals surface area contributed by atoms with Gasteiger partial charge in [0.2, 0.25) is 0 Å². The van der Waals surface area contributed by atoms with Crippen molar-refractivity contribution in [2.45, 2.75) is 35.6 Å². The number of likely N-dealkylation sites (N-methyl/N-ethyl adjacent to an activating group) is 1. The van der Waals surface area contributed by atoms with Gasteiger partial charge in [0.05, 0.1) is 7.05 Å². The molecule has 24 heavy (non-hydrogen) atoms. The molecular formula is C21H28N2S+2. The lowest BCUT2D eigenvalue weighted by atomic mass is 9.95. The van der Waals surface area contributed by atoms with E-state index >= 15 is 0 Å². The Bertz CT molecular complexity index is 720. The molecule has 0 amide bonds. The SMILES string of the molecule is CCc1ccc2c(c1)Sc1ccccc1C[C@@H]2[NH+]1CC[NH+](C)CC1. The third-order valence-electron chi connectivity index (χ3n) is 5.72. The zero-order valence-electron chi connectivity index (χ0n) is 14.8. The summed E-state index contributed by atoms with van der Waals surface area (Å²) in [5, 5.41) is 0. The first-order valence-electron chi connectivity index (χ1n) is 9.29. The zero-order valence-corrected chi connectivity index (χ0v) is 15.6. The zero-order chi connectivity index (χ0) is 16.5. The van der Waals surface area contributed by atoms with Crippen LogP contribution in [0.2, 0.25) is 0 Å². The van der Waals surface area contributed by atoms with Crippen molar-refractivity contribution in [3.8, 4) is 0 Å². The summed E-state index contributed by atoms with van der Waals surface area (Å²) in [6, 6.07) is 16.8. The number of benzene rings is 2. The van der Waals surface area contributed by atoms with Crippen LogP contribution in [0.1, 0.15) is 29.7 Å². The van der Waals surface area contributed by atoms with Crippen molar-refractivity contribution in [2.24, 2.45) is 0 Å². The predicted molar refractivity (Wildman–Crippen MR) is 100 cm³/mol. The number of nitrogens with one attached hydrogen (secondary N) is 2. The number of hydrogen-bond acceptors (Lipinski definition) is 1. The summed E-state index contributed by atoms with van der Waals surface area (Å²) < 4.78 is 0. The average molecular weight is 341 g/mol. The molecule has 1 atom stereocenters. The highest BCUT2D eigenvalue weighted by Gasteiger charge is 2.33. The second-order valence-corrected chi connectivity index (χ2v) is 8.39. The summed E-state index contributed by atoms with van der Waals surface area (Å²) in [4.78, 5) is 6.41. The van der Waals surface area contributed by atoms with Gasteiger partial charge in [-0.3, -0.25) is 0 Å². The first-order valence-corrected chi connectivity index (χ1v) is 10.1. The summed E-state index contributed by atoms with van der Waals surface area (Å²) in [7, 11) is 2.33. The Morgan fingerprint density at radius 1 is 1.00 bits per heavy atom. The Morgan fingerprint density at radius 2 is 1.79 bits per heavy atom. The maximum absolute atomic E-state index is 2.44. The van der Waals surface area contributed by atoms with Crippen molar-refractivity contribution in [2.75, 3.05) is 33.2 Å². The topological polar surface area (TPSA) is 8.88 Å². The lowest BCUT2D eigenvalue weighted by molar-refractivity contribution is -1.02. The molecule has 2 aromatic rings. The van der Waals surface area contributed by atoms with Gasteiger partial charge in [-0.2, -0.15) is 0 Å². The maximum Gasteiger partial charge on any atom is 0.127 e. The third kappa shape index (κ3) is 3.13. The van der Waals surface area contributed by atoms with Gasteiger partial charge in [0.1, 0.15) is 32.2 Å². The molecule has 2 heterocycles. The number of hydrogen-bond donors (Lipinski definition) is 2. The largest absolute Gasteiger partial charge is 0.328 e. The average Bonchev–Trinajstić information content (AvgIpc) is 2.78. The number of fused-ring (bicyclic) bond motifs is 2. The summed E-state index contributed by atoms with van der Waals surface area (Å²) in [5.74, 6) is 0. The Kier molecular flexibility index (Phi) is 4.66. The van der Waals surface area contributed by atoms with Crippen molar-refractivity contribution in [3.05, 3.63) is 59.2 Å². The van der Waals surface area contributed by atoms with Gasteiger partial charge in [-0.05, 0) is 29.7 Å². The summed E-state index contributed by atoms with van der Waals surface area (Å²) >= 11 is 1.98. The minimum Gasteiger partial charge on any atom is -0.328 e. The van der Waals surface area contributed by atoms with Gasteiger partial charge < -0.3 is 9.80 Å². The Balaban J connectivity index is 1.75. The molecule has 2 aliphatic rings. The van der Waals surface area contributed by atoms with Crippen LogP contribution < -0.4 is 9.80 Å². The highest BCUT2D eigenvalue weighted by molar-refractivity contribution is 7.99. The molecule has 126 valence electrons. The molecule has 0 bridgehead atoms. The van der Waals surface area contributed by atoms with E-state index in [-0.39, 0.29) is 0 Å². The lowest BCUT2D eigenvalue weighted by Crippen LogP contribution is -3.27. The molecule has 0 spiro atoms. The quantitative estimate of drug-likeness (QED) is 0.840. The number of quaternary nitrogens is 2. The predicted octanol–water partition coefficient (Wildman–Crippen LogP) is 1.41. The van der Waals surface area contributed by atoms with E-state index < -0.39 is 0 Å².